The van der Waals surface area contributed by atoms with Gasteiger partial charge in [0.2, 0.25) is 0 Å². The van der Waals surface area contributed by atoms with Gasteiger partial charge < -0.3 is 14.4 Å². The highest BCUT2D eigenvalue weighted by Gasteiger charge is 2.29. The van der Waals surface area contributed by atoms with Crippen molar-refractivity contribution in [1.29, 1.82) is 0 Å². The molecule has 0 amide bonds. The first-order chi connectivity index (χ1) is 9.72. The summed E-state index contributed by atoms with van der Waals surface area (Å²) in [6, 6.07) is 8.15. The Balaban J connectivity index is 1.93. The van der Waals surface area contributed by atoms with Crippen molar-refractivity contribution < 1.29 is 19.2 Å². The second kappa shape index (κ2) is 7.29. The third kappa shape index (κ3) is 3.97. The van der Waals surface area contributed by atoms with E-state index in [9.17, 15) is 4.79 Å². The number of nitrogens with one attached hydrogen (secondary N) is 1. The zero-order valence-electron chi connectivity index (χ0n) is 12.4. The van der Waals surface area contributed by atoms with Gasteiger partial charge in [0.15, 0.2) is 0 Å². The molecule has 4 nitrogen and oxygen atoms in total. The Labute approximate surface area is 120 Å². The average molecular weight is 278 g/mol. The van der Waals surface area contributed by atoms with Crippen LogP contribution >= 0.6 is 0 Å². The molecule has 1 saturated heterocycles. The van der Waals surface area contributed by atoms with Crippen LogP contribution < -0.4 is 9.64 Å². The van der Waals surface area contributed by atoms with Crippen LogP contribution in [0.15, 0.2) is 24.3 Å². The van der Waals surface area contributed by atoms with Crippen LogP contribution in [-0.2, 0) is 16.1 Å². The molecule has 0 saturated carbocycles. The Morgan fingerprint density at radius 1 is 1.45 bits per heavy atom. The molecule has 2 atom stereocenters. The lowest BCUT2D eigenvalue weighted by Crippen LogP contribution is -3.12. The minimum absolute atomic E-state index is 0.0321. The molecule has 0 bridgehead atoms. The first-order valence-corrected chi connectivity index (χ1v) is 7.36. The fourth-order valence-corrected chi connectivity index (χ4v) is 2.84. The second-order valence-corrected chi connectivity index (χ2v) is 5.32. The van der Waals surface area contributed by atoms with E-state index in [-0.39, 0.29) is 11.9 Å². The number of carbonyl (C=O) groups is 1. The summed E-state index contributed by atoms with van der Waals surface area (Å²) in [5, 5.41) is 0. The third-order valence-electron chi connectivity index (χ3n) is 3.83. The number of likely N-dealkylation sites (tertiary alicyclic amines) is 1. The van der Waals surface area contributed by atoms with E-state index in [2.05, 4.69) is 12.1 Å². The Morgan fingerprint density at radius 3 is 3.05 bits per heavy atom. The lowest BCUT2D eigenvalue weighted by molar-refractivity contribution is -0.921. The molecule has 1 fully saturated rings. The molecule has 20 heavy (non-hydrogen) atoms. The number of benzene rings is 1. The highest BCUT2D eigenvalue weighted by molar-refractivity contribution is 5.72. The quantitative estimate of drug-likeness (QED) is 0.819. The molecular weight excluding hydrogens is 254 g/mol. The van der Waals surface area contributed by atoms with Gasteiger partial charge in [-0.1, -0.05) is 12.1 Å². The van der Waals surface area contributed by atoms with Crippen molar-refractivity contribution in [2.45, 2.75) is 26.3 Å². The van der Waals surface area contributed by atoms with Gasteiger partial charge in [-0.15, -0.1) is 0 Å². The SMILES string of the molecule is CCOC(=O)[C@H]1CCC[NH+](Cc2cccc(OC)c2)C1. The first kappa shape index (κ1) is 14.9. The lowest BCUT2D eigenvalue weighted by atomic mass is 9.97. The molecule has 1 aromatic rings. The predicted octanol–water partition coefficient (Wildman–Crippen LogP) is 1.05. The minimum atomic E-state index is -0.0321. The van der Waals surface area contributed by atoms with Gasteiger partial charge in [0.25, 0.3) is 0 Å². The highest BCUT2D eigenvalue weighted by atomic mass is 16.5. The van der Waals surface area contributed by atoms with Gasteiger partial charge in [-0.2, -0.15) is 0 Å². The minimum Gasteiger partial charge on any atom is -0.497 e. The number of hydrogen-bond donors (Lipinski definition) is 1. The Hall–Kier alpha value is -1.55. The van der Waals surface area contributed by atoms with E-state index in [1.54, 1.807) is 7.11 Å². The van der Waals surface area contributed by atoms with Crippen molar-refractivity contribution in [3.63, 3.8) is 0 Å². The van der Waals surface area contributed by atoms with Gasteiger partial charge in [0, 0.05) is 5.56 Å². The van der Waals surface area contributed by atoms with Crippen LogP contribution in [0.4, 0.5) is 0 Å². The van der Waals surface area contributed by atoms with Crippen LogP contribution in [0, 0.1) is 5.92 Å². The number of esters is 1. The zero-order chi connectivity index (χ0) is 14.4. The second-order valence-electron chi connectivity index (χ2n) is 5.32. The van der Waals surface area contributed by atoms with E-state index in [4.69, 9.17) is 9.47 Å². The van der Waals surface area contributed by atoms with Gasteiger partial charge >= 0.3 is 5.97 Å². The molecule has 1 heterocycles. The molecule has 0 aromatic heterocycles. The van der Waals surface area contributed by atoms with Gasteiger partial charge in [-0.3, -0.25) is 4.79 Å². The molecule has 1 aliphatic heterocycles. The molecule has 1 N–H and O–H groups in total. The summed E-state index contributed by atoms with van der Waals surface area (Å²) in [4.78, 5) is 13.3. The van der Waals surface area contributed by atoms with Gasteiger partial charge in [-0.25, -0.2) is 0 Å². The summed E-state index contributed by atoms with van der Waals surface area (Å²) < 4.78 is 10.4. The number of carbonyl (C=O) groups excluding carboxylic acids is 1. The Bertz CT molecular complexity index is 447. The van der Waals surface area contributed by atoms with E-state index in [1.807, 2.05) is 19.1 Å². The summed E-state index contributed by atoms with van der Waals surface area (Å²) in [6.07, 6.45) is 2.04. The summed E-state index contributed by atoms with van der Waals surface area (Å²) in [6.45, 7) is 5.26. The fourth-order valence-electron chi connectivity index (χ4n) is 2.84. The van der Waals surface area contributed by atoms with E-state index in [0.29, 0.717) is 6.61 Å². The average Bonchev–Trinajstić information content (AvgIpc) is 2.48. The Kier molecular flexibility index (Phi) is 5.41. The molecule has 0 aliphatic carbocycles. The van der Waals surface area contributed by atoms with Crippen LogP contribution in [0.25, 0.3) is 0 Å². The standard InChI is InChI=1S/C16H23NO3/c1-3-20-16(18)14-7-5-9-17(12-14)11-13-6-4-8-15(10-13)19-2/h4,6,8,10,14H,3,5,7,9,11-12H2,1-2H3/p+1/t14-/m0/s1. The van der Waals surface area contributed by atoms with E-state index in [0.717, 1.165) is 38.2 Å². The normalized spacial score (nSPS) is 22.3. The van der Waals surface area contributed by atoms with E-state index >= 15 is 0 Å². The Morgan fingerprint density at radius 2 is 2.30 bits per heavy atom. The largest absolute Gasteiger partial charge is 0.497 e. The summed E-state index contributed by atoms with van der Waals surface area (Å²) in [5.74, 6) is 0.917. The lowest BCUT2D eigenvalue weighted by Gasteiger charge is -2.28. The molecule has 1 aliphatic rings. The smallest absolute Gasteiger partial charge is 0.314 e. The maximum Gasteiger partial charge on any atom is 0.314 e. The zero-order valence-corrected chi connectivity index (χ0v) is 12.4. The maximum atomic E-state index is 11.8. The number of piperidine rings is 1. The van der Waals surface area contributed by atoms with E-state index in [1.165, 1.54) is 10.5 Å². The topological polar surface area (TPSA) is 40.0 Å². The van der Waals surface area contributed by atoms with Crippen molar-refractivity contribution >= 4 is 5.97 Å². The molecule has 0 spiro atoms. The summed E-state index contributed by atoms with van der Waals surface area (Å²) in [5.41, 5.74) is 1.25. The van der Waals surface area contributed by atoms with Gasteiger partial charge in [0.1, 0.15) is 18.2 Å². The highest BCUT2D eigenvalue weighted by Crippen LogP contribution is 2.13. The van der Waals surface area contributed by atoms with Crippen molar-refractivity contribution in [3.8, 4) is 5.75 Å². The van der Waals surface area contributed by atoms with Gasteiger partial charge in [-0.05, 0) is 31.9 Å². The van der Waals surface area contributed by atoms with Gasteiger partial charge in [0.05, 0.1) is 26.8 Å². The molecule has 2 rings (SSSR count). The van der Waals surface area contributed by atoms with Crippen molar-refractivity contribution in [2.75, 3.05) is 26.8 Å². The number of rotatable bonds is 5. The third-order valence-corrected chi connectivity index (χ3v) is 3.83. The van der Waals surface area contributed by atoms with E-state index < -0.39 is 0 Å². The molecular formula is C16H24NO3+. The number of hydrogen-bond acceptors (Lipinski definition) is 3. The number of ether oxygens (including phenoxy) is 2. The monoisotopic (exact) mass is 278 g/mol. The van der Waals surface area contributed by atoms with Crippen molar-refractivity contribution in [3.05, 3.63) is 29.8 Å². The molecule has 110 valence electrons. The fraction of sp³-hybridized carbons (Fsp3) is 0.562. The predicted molar refractivity (Wildman–Crippen MR) is 76.8 cm³/mol. The summed E-state index contributed by atoms with van der Waals surface area (Å²) in [7, 11) is 1.68. The molecule has 0 radical (unpaired) electrons. The number of methoxy groups -OCH3 is 1. The van der Waals surface area contributed by atoms with Crippen LogP contribution in [-0.4, -0.2) is 32.8 Å². The summed E-state index contributed by atoms with van der Waals surface area (Å²) >= 11 is 0. The maximum absolute atomic E-state index is 11.8. The molecule has 4 heteroatoms. The van der Waals surface area contributed by atoms with Crippen LogP contribution in [0.1, 0.15) is 25.3 Å². The van der Waals surface area contributed by atoms with Crippen LogP contribution in [0.2, 0.25) is 0 Å². The van der Waals surface area contributed by atoms with Crippen molar-refractivity contribution in [1.82, 2.24) is 0 Å². The van der Waals surface area contributed by atoms with Crippen molar-refractivity contribution in [2.24, 2.45) is 5.92 Å². The van der Waals surface area contributed by atoms with Crippen LogP contribution in [0.5, 0.6) is 5.75 Å². The van der Waals surface area contributed by atoms with Crippen LogP contribution in [0.3, 0.4) is 0 Å². The number of quaternary nitrogens is 1. The first-order valence-electron chi connectivity index (χ1n) is 7.36. The molecule has 1 aromatic carbocycles. The molecule has 1 unspecified atom stereocenters.